The van der Waals surface area contributed by atoms with Crippen LogP contribution in [0.4, 0.5) is 5.69 Å². The van der Waals surface area contributed by atoms with Crippen LogP contribution < -0.4 is 14.4 Å². The van der Waals surface area contributed by atoms with E-state index in [1.165, 1.54) is 38.2 Å². The molecule has 2 aliphatic rings. The molecule has 2 aromatic carbocycles. The van der Waals surface area contributed by atoms with Gasteiger partial charge in [0.2, 0.25) is 10.0 Å². The van der Waals surface area contributed by atoms with Gasteiger partial charge in [0.05, 0.1) is 30.8 Å². The number of hydrogen-bond donors (Lipinski definition) is 1. The number of anilines is 1. The zero-order chi connectivity index (χ0) is 22.6. The maximum atomic E-state index is 13.0. The monoisotopic (exact) mass is 459 g/mol. The molecular weight excluding hydrogens is 430 g/mol. The third kappa shape index (κ3) is 5.06. The van der Waals surface area contributed by atoms with Crippen LogP contribution in [0.2, 0.25) is 0 Å². The lowest BCUT2D eigenvalue weighted by Gasteiger charge is -2.27. The van der Waals surface area contributed by atoms with Crippen LogP contribution in [0.25, 0.3) is 0 Å². The highest BCUT2D eigenvalue weighted by atomic mass is 32.2. The fourth-order valence-electron chi connectivity index (χ4n) is 4.02. The third-order valence-electron chi connectivity index (χ3n) is 5.88. The van der Waals surface area contributed by atoms with Crippen molar-refractivity contribution in [3.8, 4) is 5.75 Å². The first-order valence-electron chi connectivity index (χ1n) is 10.9. The van der Waals surface area contributed by atoms with Crippen molar-refractivity contribution in [3.63, 3.8) is 0 Å². The highest BCUT2D eigenvalue weighted by molar-refractivity contribution is 7.89. The number of benzene rings is 2. The van der Waals surface area contributed by atoms with Crippen molar-refractivity contribution in [1.29, 1.82) is 0 Å². The van der Waals surface area contributed by atoms with Crippen LogP contribution in [0, 0.1) is 0 Å². The Morgan fingerprint density at radius 1 is 1.03 bits per heavy atom. The summed E-state index contributed by atoms with van der Waals surface area (Å²) in [4.78, 5) is 17.0. The van der Waals surface area contributed by atoms with Gasteiger partial charge in [-0.2, -0.15) is 0 Å². The van der Waals surface area contributed by atoms with Crippen LogP contribution in [-0.4, -0.2) is 65.7 Å². The Labute approximate surface area is 189 Å². The first kappa shape index (κ1) is 22.6. The van der Waals surface area contributed by atoms with Gasteiger partial charge in [-0.05, 0) is 48.7 Å². The molecule has 9 heteroatoms. The highest BCUT2D eigenvalue weighted by Gasteiger charge is 2.24. The molecule has 172 valence electrons. The molecule has 0 atom stereocenters. The summed E-state index contributed by atoms with van der Waals surface area (Å²) in [5.74, 6) is 0.0812. The molecule has 2 fully saturated rings. The minimum absolute atomic E-state index is 0.0311. The largest absolute Gasteiger partial charge is 0.496 e. The van der Waals surface area contributed by atoms with Crippen LogP contribution in [0.5, 0.6) is 5.75 Å². The maximum Gasteiger partial charge on any atom is 0.257 e. The molecule has 2 saturated heterocycles. The molecule has 1 amide bonds. The van der Waals surface area contributed by atoms with Crippen LogP contribution >= 0.6 is 0 Å². The van der Waals surface area contributed by atoms with Crippen LogP contribution in [0.1, 0.15) is 28.8 Å². The number of morpholine rings is 1. The van der Waals surface area contributed by atoms with E-state index in [4.69, 9.17) is 9.47 Å². The van der Waals surface area contributed by atoms with E-state index in [1.807, 2.05) is 24.3 Å². The Bertz CT molecular complexity index is 1040. The summed E-state index contributed by atoms with van der Waals surface area (Å²) >= 11 is 0. The number of carbonyl (C=O) groups excluding carboxylic acids is 1. The first-order chi connectivity index (χ1) is 15.5. The van der Waals surface area contributed by atoms with Gasteiger partial charge in [-0.25, -0.2) is 13.1 Å². The van der Waals surface area contributed by atoms with Crippen molar-refractivity contribution in [1.82, 2.24) is 9.62 Å². The predicted molar refractivity (Wildman–Crippen MR) is 122 cm³/mol. The Balaban J connectivity index is 1.47. The minimum atomic E-state index is -3.81. The zero-order valence-electron chi connectivity index (χ0n) is 18.2. The van der Waals surface area contributed by atoms with E-state index in [2.05, 4.69) is 9.62 Å². The molecular formula is C23H29N3O5S. The summed E-state index contributed by atoms with van der Waals surface area (Å²) in [6.45, 7) is 4.15. The van der Waals surface area contributed by atoms with Crippen molar-refractivity contribution < 1.29 is 22.7 Å². The van der Waals surface area contributed by atoms with Gasteiger partial charge in [-0.3, -0.25) is 4.79 Å². The van der Waals surface area contributed by atoms with E-state index in [0.717, 1.165) is 24.3 Å². The van der Waals surface area contributed by atoms with Crippen molar-refractivity contribution in [2.24, 2.45) is 0 Å². The lowest BCUT2D eigenvalue weighted by Crippen LogP contribution is -2.40. The standard InChI is InChI=1S/C23H29N3O5S/c1-30-22-9-8-20(16-21(22)23(27)26-12-14-31-15-13-26)32(28,29)24-17-18-4-6-19(7-5-18)25-10-2-3-11-25/h4-9,16,24H,2-3,10-15,17H2,1H3. The topological polar surface area (TPSA) is 88.2 Å². The van der Waals surface area contributed by atoms with Crippen LogP contribution in [-0.2, 0) is 21.3 Å². The SMILES string of the molecule is COc1ccc(S(=O)(=O)NCc2ccc(N3CCCC3)cc2)cc1C(=O)N1CCOCC1. The predicted octanol–water partition coefficient (Wildman–Crippen LogP) is 2.25. The van der Waals surface area contributed by atoms with E-state index < -0.39 is 10.0 Å². The molecule has 0 aliphatic carbocycles. The minimum Gasteiger partial charge on any atom is -0.496 e. The fourth-order valence-corrected chi connectivity index (χ4v) is 5.06. The fraction of sp³-hybridized carbons (Fsp3) is 0.435. The van der Waals surface area contributed by atoms with E-state index >= 15 is 0 Å². The molecule has 32 heavy (non-hydrogen) atoms. The molecule has 2 heterocycles. The van der Waals surface area contributed by atoms with E-state index in [0.29, 0.717) is 32.1 Å². The van der Waals surface area contributed by atoms with Crippen molar-refractivity contribution >= 4 is 21.6 Å². The number of nitrogens with one attached hydrogen (secondary N) is 1. The molecule has 0 radical (unpaired) electrons. The van der Waals surface area contributed by atoms with Gasteiger partial charge < -0.3 is 19.3 Å². The van der Waals surface area contributed by atoms with Crippen LogP contribution in [0.3, 0.4) is 0 Å². The lowest BCUT2D eigenvalue weighted by atomic mass is 10.1. The number of rotatable bonds is 7. The summed E-state index contributed by atoms with van der Waals surface area (Å²) in [5.41, 5.74) is 2.26. The molecule has 2 aliphatic heterocycles. The van der Waals surface area contributed by atoms with Gasteiger partial charge in [0, 0.05) is 38.4 Å². The third-order valence-corrected chi connectivity index (χ3v) is 7.28. The zero-order valence-corrected chi connectivity index (χ0v) is 19.1. The van der Waals surface area contributed by atoms with Gasteiger partial charge in [-0.1, -0.05) is 12.1 Å². The molecule has 2 aromatic rings. The smallest absolute Gasteiger partial charge is 0.257 e. The van der Waals surface area contributed by atoms with Gasteiger partial charge >= 0.3 is 0 Å². The molecule has 1 N–H and O–H groups in total. The number of carbonyl (C=O) groups is 1. The quantitative estimate of drug-likeness (QED) is 0.683. The van der Waals surface area contributed by atoms with E-state index in [-0.39, 0.29) is 22.9 Å². The highest BCUT2D eigenvalue weighted by Crippen LogP contribution is 2.25. The first-order valence-corrected chi connectivity index (χ1v) is 12.3. The summed E-state index contributed by atoms with van der Waals surface area (Å²) in [5, 5.41) is 0. The molecule has 0 unspecified atom stereocenters. The van der Waals surface area contributed by atoms with Crippen LogP contribution in [0.15, 0.2) is 47.4 Å². The molecule has 0 spiro atoms. The second kappa shape index (κ2) is 9.89. The van der Waals surface area contributed by atoms with Gasteiger partial charge in [0.1, 0.15) is 5.75 Å². The van der Waals surface area contributed by atoms with E-state index in [1.54, 1.807) is 4.90 Å². The number of methoxy groups -OCH3 is 1. The lowest BCUT2D eigenvalue weighted by molar-refractivity contribution is 0.0300. The Morgan fingerprint density at radius 2 is 1.72 bits per heavy atom. The van der Waals surface area contributed by atoms with Crippen molar-refractivity contribution in [2.75, 3.05) is 51.4 Å². The summed E-state index contributed by atoms with van der Waals surface area (Å²) in [6.07, 6.45) is 2.42. The average molecular weight is 460 g/mol. The van der Waals surface area contributed by atoms with E-state index in [9.17, 15) is 13.2 Å². The van der Waals surface area contributed by atoms with Crippen molar-refractivity contribution in [3.05, 3.63) is 53.6 Å². The summed E-state index contributed by atoms with van der Waals surface area (Å²) in [6, 6.07) is 12.3. The average Bonchev–Trinajstić information content (AvgIpc) is 3.38. The summed E-state index contributed by atoms with van der Waals surface area (Å²) < 4.78 is 39.1. The maximum absolute atomic E-state index is 13.0. The second-order valence-corrected chi connectivity index (χ2v) is 9.72. The number of nitrogens with zero attached hydrogens (tertiary/aromatic N) is 2. The molecule has 0 saturated carbocycles. The number of sulfonamides is 1. The number of hydrogen-bond acceptors (Lipinski definition) is 6. The Morgan fingerprint density at radius 3 is 2.38 bits per heavy atom. The molecule has 0 aromatic heterocycles. The number of amides is 1. The van der Waals surface area contributed by atoms with Gasteiger partial charge in [0.25, 0.3) is 5.91 Å². The Hall–Kier alpha value is -2.62. The second-order valence-electron chi connectivity index (χ2n) is 7.95. The van der Waals surface area contributed by atoms with Crippen molar-refractivity contribution in [2.45, 2.75) is 24.3 Å². The molecule has 0 bridgehead atoms. The Kier molecular flexibility index (Phi) is 6.98. The van der Waals surface area contributed by atoms with Gasteiger partial charge in [0.15, 0.2) is 0 Å². The summed E-state index contributed by atoms with van der Waals surface area (Å²) in [7, 11) is -2.35. The normalized spacial score (nSPS) is 16.9. The number of ether oxygens (including phenoxy) is 2. The molecule has 8 nitrogen and oxygen atoms in total. The van der Waals surface area contributed by atoms with Gasteiger partial charge in [-0.15, -0.1) is 0 Å². The molecule has 4 rings (SSSR count).